The molecule has 0 saturated carbocycles. The molecule has 0 N–H and O–H groups in total. The van der Waals surface area contributed by atoms with Gasteiger partial charge in [-0.3, -0.25) is 0 Å². The number of aryl methyl sites for hydroxylation is 2. The van der Waals surface area contributed by atoms with E-state index in [1.54, 1.807) is 6.33 Å². The van der Waals surface area contributed by atoms with Crippen molar-refractivity contribution >= 4 is 44.1 Å². The molecule has 1 aliphatic rings. The lowest BCUT2D eigenvalue weighted by Gasteiger charge is -1.94. The van der Waals surface area contributed by atoms with E-state index >= 15 is 0 Å². The molecule has 0 aliphatic heterocycles. The summed E-state index contributed by atoms with van der Waals surface area (Å²) in [4.78, 5) is 11.3. The molecule has 66 valence electrons. The van der Waals surface area contributed by atoms with Crippen LogP contribution in [0.4, 0.5) is 0 Å². The molecule has 2 aromatic rings. The molecule has 0 unspecified atom stereocenters. The number of rotatable bonds is 0. The van der Waals surface area contributed by atoms with Crippen LogP contribution in [0, 0.1) is 3.70 Å². The molecule has 13 heavy (non-hydrogen) atoms. The molecule has 0 radical (unpaired) electrons. The van der Waals surface area contributed by atoms with Crippen LogP contribution in [0.15, 0.2) is 6.33 Å². The summed E-state index contributed by atoms with van der Waals surface area (Å²) in [5.41, 5.74) is 1.52. The highest BCUT2D eigenvalue weighted by Crippen LogP contribution is 2.37. The monoisotopic (exact) mass is 302 g/mol. The molecular weight excluding hydrogens is 295 g/mol. The van der Waals surface area contributed by atoms with Crippen molar-refractivity contribution in [3.8, 4) is 0 Å². The number of hydrogen-bond donors (Lipinski definition) is 0. The van der Waals surface area contributed by atoms with Crippen molar-refractivity contribution in [2.24, 2.45) is 0 Å². The highest BCUT2D eigenvalue weighted by molar-refractivity contribution is 14.1. The summed E-state index contributed by atoms with van der Waals surface area (Å²) in [6.45, 7) is 0. The Balaban J connectivity index is 2.46. The predicted molar refractivity (Wildman–Crippen MR) is 62.2 cm³/mol. The van der Waals surface area contributed by atoms with Crippen molar-refractivity contribution in [1.29, 1.82) is 0 Å². The van der Waals surface area contributed by atoms with Crippen molar-refractivity contribution in [2.45, 2.75) is 19.3 Å². The third-order valence-corrected chi connectivity index (χ3v) is 4.47. The molecule has 0 atom stereocenters. The molecule has 0 aromatic carbocycles. The van der Waals surface area contributed by atoms with E-state index in [-0.39, 0.29) is 0 Å². The summed E-state index contributed by atoms with van der Waals surface area (Å²) in [7, 11) is 0. The van der Waals surface area contributed by atoms with E-state index in [4.69, 9.17) is 0 Å². The summed E-state index contributed by atoms with van der Waals surface area (Å²) in [6.07, 6.45) is 5.43. The number of nitrogens with zero attached hydrogens (tertiary/aromatic N) is 2. The van der Waals surface area contributed by atoms with Crippen LogP contribution in [-0.2, 0) is 12.8 Å². The minimum Gasteiger partial charge on any atom is -0.230 e. The Hall–Kier alpha value is -0.230. The van der Waals surface area contributed by atoms with Gasteiger partial charge in [0.25, 0.3) is 0 Å². The van der Waals surface area contributed by atoms with Gasteiger partial charge in [-0.2, -0.15) is 0 Å². The summed E-state index contributed by atoms with van der Waals surface area (Å²) in [5, 5.41) is 1.32. The molecule has 3 rings (SSSR count). The van der Waals surface area contributed by atoms with E-state index in [0.29, 0.717) is 0 Å². The zero-order valence-electron chi connectivity index (χ0n) is 6.88. The molecule has 0 saturated heterocycles. The van der Waals surface area contributed by atoms with Crippen LogP contribution >= 0.6 is 33.9 Å². The van der Waals surface area contributed by atoms with Crippen molar-refractivity contribution in [2.75, 3.05) is 0 Å². The van der Waals surface area contributed by atoms with Crippen LogP contribution in [-0.4, -0.2) is 9.97 Å². The normalized spacial score (nSPS) is 15.2. The Kier molecular flexibility index (Phi) is 1.80. The van der Waals surface area contributed by atoms with Crippen molar-refractivity contribution < 1.29 is 0 Å². The molecule has 2 nitrogen and oxygen atoms in total. The average molecular weight is 302 g/mol. The first-order valence-electron chi connectivity index (χ1n) is 4.27. The maximum absolute atomic E-state index is 4.31. The minimum atomic E-state index is 1.11. The average Bonchev–Trinajstić information content (AvgIpc) is 2.62. The predicted octanol–water partition coefficient (Wildman–Crippen LogP) is 2.78. The third-order valence-electron chi connectivity index (χ3n) is 2.46. The van der Waals surface area contributed by atoms with Crippen LogP contribution in [0.2, 0.25) is 0 Å². The number of aromatic nitrogens is 2. The summed E-state index contributed by atoms with van der Waals surface area (Å²) in [5.74, 6) is 0. The Morgan fingerprint density at radius 1 is 1.31 bits per heavy atom. The molecule has 4 heteroatoms. The molecule has 0 amide bonds. The van der Waals surface area contributed by atoms with E-state index in [9.17, 15) is 0 Å². The van der Waals surface area contributed by atoms with Crippen LogP contribution in [0.3, 0.4) is 0 Å². The fourth-order valence-electron chi connectivity index (χ4n) is 1.89. The second kappa shape index (κ2) is 2.88. The third kappa shape index (κ3) is 1.11. The molecular formula is C9H7IN2S. The number of fused-ring (bicyclic) bond motifs is 3. The highest BCUT2D eigenvalue weighted by Gasteiger charge is 2.19. The molecule has 1 aliphatic carbocycles. The largest absolute Gasteiger partial charge is 0.230 e. The van der Waals surface area contributed by atoms with Crippen LogP contribution in [0.5, 0.6) is 0 Å². The standard InChI is InChI=1S/C9H7IN2S/c10-8-7-5-2-1-3-6(5)13-9(7)12-4-11-8/h4H,1-3H2. The van der Waals surface area contributed by atoms with E-state index in [0.717, 1.165) is 3.70 Å². The number of halogens is 1. The van der Waals surface area contributed by atoms with Gasteiger partial charge in [-0.15, -0.1) is 11.3 Å². The van der Waals surface area contributed by atoms with Gasteiger partial charge in [0.1, 0.15) is 14.9 Å². The van der Waals surface area contributed by atoms with Gasteiger partial charge in [0.2, 0.25) is 0 Å². The topological polar surface area (TPSA) is 25.8 Å². The Bertz CT molecular complexity index is 478. The maximum atomic E-state index is 4.31. The minimum absolute atomic E-state index is 1.11. The second-order valence-electron chi connectivity index (χ2n) is 3.20. The maximum Gasteiger partial charge on any atom is 0.128 e. The number of hydrogen-bond acceptors (Lipinski definition) is 3. The fourth-order valence-corrected chi connectivity index (χ4v) is 4.01. The highest BCUT2D eigenvalue weighted by atomic mass is 127. The quantitative estimate of drug-likeness (QED) is 0.552. The second-order valence-corrected chi connectivity index (χ2v) is 5.31. The lowest BCUT2D eigenvalue weighted by atomic mass is 10.2. The van der Waals surface area contributed by atoms with E-state index in [1.165, 1.54) is 39.9 Å². The van der Waals surface area contributed by atoms with Crippen LogP contribution < -0.4 is 0 Å². The van der Waals surface area contributed by atoms with E-state index < -0.39 is 0 Å². The Labute approximate surface area is 93.5 Å². The van der Waals surface area contributed by atoms with Gasteiger partial charge in [0.15, 0.2) is 0 Å². The van der Waals surface area contributed by atoms with Gasteiger partial charge in [-0.05, 0) is 47.4 Å². The number of thiophene rings is 1. The lowest BCUT2D eigenvalue weighted by molar-refractivity contribution is 0.916. The van der Waals surface area contributed by atoms with E-state index in [1.807, 2.05) is 11.3 Å². The fraction of sp³-hybridized carbons (Fsp3) is 0.333. The van der Waals surface area contributed by atoms with Crippen molar-refractivity contribution in [1.82, 2.24) is 9.97 Å². The van der Waals surface area contributed by atoms with Gasteiger partial charge < -0.3 is 0 Å². The molecule has 2 aromatic heterocycles. The van der Waals surface area contributed by atoms with Gasteiger partial charge in [0.05, 0.1) is 0 Å². The first-order chi connectivity index (χ1) is 6.36. The molecule has 0 spiro atoms. The van der Waals surface area contributed by atoms with Crippen LogP contribution in [0.25, 0.3) is 10.2 Å². The first-order valence-corrected chi connectivity index (χ1v) is 6.16. The van der Waals surface area contributed by atoms with Gasteiger partial charge in [-0.25, -0.2) is 9.97 Å². The van der Waals surface area contributed by atoms with Crippen molar-refractivity contribution in [3.63, 3.8) is 0 Å². The summed E-state index contributed by atoms with van der Waals surface area (Å²) >= 11 is 4.15. The molecule has 2 heterocycles. The Morgan fingerprint density at radius 2 is 2.23 bits per heavy atom. The summed E-state index contributed by atoms with van der Waals surface area (Å²) < 4.78 is 1.11. The van der Waals surface area contributed by atoms with Crippen molar-refractivity contribution in [3.05, 3.63) is 20.5 Å². The van der Waals surface area contributed by atoms with Gasteiger partial charge in [-0.1, -0.05) is 0 Å². The zero-order valence-corrected chi connectivity index (χ0v) is 9.85. The molecule has 0 bridgehead atoms. The SMILES string of the molecule is Ic1ncnc2sc3c(c12)CCC3. The molecule has 0 fully saturated rings. The zero-order chi connectivity index (χ0) is 8.84. The Morgan fingerprint density at radius 3 is 3.15 bits per heavy atom. The van der Waals surface area contributed by atoms with Gasteiger partial charge >= 0.3 is 0 Å². The van der Waals surface area contributed by atoms with Gasteiger partial charge in [0, 0.05) is 10.3 Å². The van der Waals surface area contributed by atoms with E-state index in [2.05, 4.69) is 32.6 Å². The first kappa shape index (κ1) is 8.11. The van der Waals surface area contributed by atoms with Crippen LogP contribution in [0.1, 0.15) is 16.9 Å². The lowest BCUT2D eigenvalue weighted by Crippen LogP contribution is -1.85. The smallest absolute Gasteiger partial charge is 0.128 e. The summed E-state index contributed by atoms with van der Waals surface area (Å²) in [6, 6.07) is 0.